The van der Waals surface area contributed by atoms with Crippen molar-refractivity contribution in [3.8, 4) is 0 Å². The number of anilines is 1. The van der Waals surface area contributed by atoms with E-state index in [-0.39, 0.29) is 11.2 Å². The third-order valence-electron chi connectivity index (χ3n) is 2.77. The van der Waals surface area contributed by atoms with Crippen LogP contribution in [0.25, 0.3) is 0 Å². The summed E-state index contributed by atoms with van der Waals surface area (Å²) in [6.07, 6.45) is 2.33. The lowest BCUT2D eigenvalue weighted by Crippen LogP contribution is -2.12. The van der Waals surface area contributed by atoms with Gasteiger partial charge in [-0.05, 0) is 36.0 Å². The van der Waals surface area contributed by atoms with E-state index >= 15 is 0 Å². The van der Waals surface area contributed by atoms with Crippen molar-refractivity contribution < 1.29 is 4.39 Å². The van der Waals surface area contributed by atoms with Crippen LogP contribution in [0, 0.1) is 5.82 Å². The third-order valence-corrected chi connectivity index (χ3v) is 2.77. The van der Waals surface area contributed by atoms with E-state index in [1.165, 1.54) is 18.4 Å². The number of hydrogen-bond donors (Lipinski definition) is 1. The maximum Gasteiger partial charge on any atom is 0.146 e. The predicted molar refractivity (Wildman–Crippen MR) is 61.7 cm³/mol. The smallest absolute Gasteiger partial charge is 0.146 e. The molecule has 2 heteroatoms. The fourth-order valence-electron chi connectivity index (χ4n) is 1.55. The summed E-state index contributed by atoms with van der Waals surface area (Å²) in [6, 6.07) is 5.86. The molecule has 2 rings (SSSR count). The van der Waals surface area contributed by atoms with Gasteiger partial charge >= 0.3 is 0 Å². The Balaban J connectivity index is 2.27. The summed E-state index contributed by atoms with van der Waals surface area (Å²) >= 11 is 0. The van der Waals surface area contributed by atoms with E-state index in [2.05, 4.69) is 26.1 Å². The van der Waals surface area contributed by atoms with Crippen LogP contribution in [0.15, 0.2) is 18.2 Å². The third kappa shape index (κ3) is 2.49. The molecule has 0 saturated heterocycles. The minimum atomic E-state index is -0.144. The lowest BCUT2D eigenvalue weighted by atomic mass is 9.87. The zero-order valence-electron chi connectivity index (χ0n) is 9.60. The Hall–Kier alpha value is -1.05. The van der Waals surface area contributed by atoms with Crippen molar-refractivity contribution in [1.82, 2.24) is 0 Å². The lowest BCUT2D eigenvalue weighted by Gasteiger charge is -2.20. The van der Waals surface area contributed by atoms with E-state index in [1.54, 1.807) is 6.07 Å². The fraction of sp³-hybridized carbons (Fsp3) is 0.538. The van der Waals surface area contributed by atoms with Gasteiger partial charge in [-0.25, -0.2) is 4.39 Å². The van der Waals surface area contributed by atoms with Gasteiger partial charge in [0, 0.05) is 6.04 Å². The number of hydrogen-bond acceptors (Lipinski definition) is 1. The molecule has 15 heavy (non-hydrogen) atoms. The zero-order chi connectivity index (χ0) is 11.1. The van der Waals surface area contributed by atoms with E-state index in [4.69, 9.17) is 0 Å². The second-order valence-corrected chi connectivity index (χ2v) is 5.36. The molecule has 1 aromatic rings. The summed E-state index contributed by atoms with van der Waals surface area (Å²) < 4.78 is 13.5. The van der Waals surface area contributed by atoms with Gasteiger partial charge in [-0.1, -0.05) is 26.8 Å². The van der Waals surface area contributed by atoms with Gasteiger partial charge in [-0.3, -0.25) is 0 Å². The van der Waals surface area contributed by atoms with Crippen LogP contribution in [0.5, 0.6) is 0 Å². The Morgan fingerprint density at radius 2 is 1.93 bits per heavy atom. The molecule has 1 N–H and O–H groups in total. The molecular weight excluding hydrogens is 189 g/mol. The van der Waals surface area contributed by atoms with Crippen molar-refractivity contribution in [3.05, 3.63) is 29.6 Å². The van der Waals surface area contributed by atoms with E-state index < -0.39 is 0 Å². The summed E-state index contributed by atoms with van der Waals surface area (Å²) in [7, 11) is 0. The highest BCUT2D eigenvalue weighted by Gasteiger charge is 2.23. The number of rotatable bonds is 2. The minimum Gasteiger partial charge on any atom is -0.380 e. The molecule has 82 valence electrons. The van der Waals surface area contributed by atoms with Gasteiger partial charge in [-0.15, -0.1) is 0 Å². The molecule has 1 nitrogen and oxygen atoms in total. The first-order valence-electron chi connectivity index (χ1n) is 5.53. The van der Waals surface area contributed by atoms with Crippen LogP contribution in [0.2, 0.25) is 0 Å². The molecule has 0 amide bonds. The van der Waals surface area contributed by atoms with Crippen molar-refractivity contribution >= 4 is 5.69 Å². The Kier molecular flexibility index (Phi) is 2.45. The number of halogens is 1. The average Bonchev–Trinajstić information content (AvgIpc) is 2.90. The monoisotopic (exact) mass is 207 g/mol. The molecule has 1 aliphatic rings. The van der Waals surface area contributed by atoms with Crippen molar-refractivity contribution in [1.29, 1.82) is 0 Å². The van der Waals surface area contributed by atoms with Gasteiger partial charge < -0.3 is 5.32 Å². The van der Waals surface area contributed by atoms with Crippen LogP contribution in [-0.4, -0.2) is 6.04 Å². The SMILES string of the molecule is CC(C)(C)c1ccc(F)c(NC2CC2)c1. The van der Waals surface area contributed by atoms with Crippen molar-refractivity contribution in [3.63, 3.8) is 0 Å². The van der Waals surface area contributed by atoms with E-state index in [0.717, 1.165) is 0 Å². The maximum atomic E-state index is 13.5. The molecule has 0 aliphatic heterocycles. The fourth-order valence-corrected chi connectivity index (χ4v) is 1.55. The lowest BCUT2D eigenvalue weighted by molar-refractivity contribution is 0.583. The molecule has 0 bridgehead atoms. The summed E-state index contributed by atoms with van der Waals surface area (Å²) in [5, 5.41) is 3.22. The number of benzene rings is 1. The van der Waals surface area contributed by atoms with Crippen molar-refractivity contribution in [2.24, 2.45) is 0 Å². The Bertz CT molecular complexity index is 361. The van der Waals surface area contributed by atoms with Crippen LogP contribution in [0.3, 0.4) is 0 Å². The maximum absolute atomic E-state index is 13.5. The van der Waals surface area contributed by atoms with Gasteiger partial charge in [0.1, 0.15) is 5.82 Å². The van der Waals surface area contributed by atoms with Gasteiger partial charge in [-0.2, -0.15) is 0 Å². The van der Waals surface area contributed by atoms with Crippen molar-refractivity contribution in [2.45, 2.75) is 45.1 Å². The average molecular weight is 207 g/mol. The molecular formula is C13H18FN. The molecule has 1 aromatic carbocycles. The highest BCUT2D eigenvalue weighted by atomic mass is 19.1. The molecule has 0 aromatic heterocycles. The van der Waals surface area contributed by atoms with E-state index in [1.807, 2.05) is 12.1 Å². The topological polar surface area (TPSA) is 12.0 Å². The second kappa shape index (κ2) is 3.51. The molecule has 1 fully saturated rings. The van der Waals surface area contributed by atoms with Crippen molar-refractivity contribution in [2.75, 3.05) is 5.32 Å². The largest absolute Gasteiger partial charge is 0.380 e. The van der Waals surface area contributed by atoms with Crippen LogP contribution < -0.4 is 5.32 Å². The van der Waals surface area contributed by atoms with Crippen LogP contribution in [0.1, 0.15) is 39.2 Å². The zero-order valence-corrected chi connectivity index (χ0v) is 9.60. The molecule has 0 spiro atoms. The van der Waals surface area contributed by atoms with Crippen LogP contribution >= 0.6 is 0 Å². The first kappa shape index (κ1) is 10.5. The van der Waals surface area contributed by atoms with Crippen LogP contribution in [0.4, 0.5) is 10.1 Å². The summed E-state index contributed by atoms with van der Waals surface area (Å²) in [5.41, 5.74) is 1.91. The highest BCUT2D eigenvalue weighted by Crippen LogP contribution is 2.30. The van der Waals surface area contributed by atoms with Gasteiger partial charge in [0.2, 0.25) is 0 Å². The molecule has 0 atom stereocenters. The normalized spacial score (nSPS) is 16.5. The Morgan fingerprint density at radius 1 is 1.27 bits per heavy atom. The standard InChI is InChI=1S/C13H18FN/c1-13(2,3)9-4-7-11(14)12(8-9)15-10-5-6-10/h4,7-8,10,15H,5-6H2,1-3H3. The quantitative estimate of drug-likeness (QED) is 0.779. The number of nitrogens with one attached hydrogen (secondary N) is 1. The van der Waals surface area contributed by atoms with Crippen LogP contribution in [-0.2, 0) is 5.41 Å². The van der Waals surface area contributed by atoms with E-state index in [9.17, 15) is 4.39 Å². The summed E-state index contributed by atoms with van der Waals surface area (Å²) in [4.78, 5) is 0. The molecule has 0 unspecified atom stereocenters. The van der Waals surface area contributed by atoms with Gasteiger partial charge in [0.05, 0.1) is 5.69 Å². The minimum absolute atomic E-state index is 0.0771. The summed E-state index contributed by atoms with van der Waals surface area (Å²) in [6.45, 7) is 6.42. The molecule has 1 aliphatic carbocycles. The highest BCUT2D eigenvalue weighted by molar-refractivity contribution is 5.50. The predicted octanol–water partition coefficient (Wildman–Crippen LogP) is 3.70. The molecule has 0 radical (unpaired) electrons. The second-order valence-electron chi connectivity index (χ2n) is 5.36. The molecule has 1 saturated carbocycles. The first-order valence-corrected chi connectivity index (χ1v) is 5.53. The molecule has 0 heterocycles. The Labute approximate surface area is 90.7 Å². The summed E-state index contributed by atoms with van der Waals surface area (Å²) in [5.74, 6) is -0.144. The van der Waals surface area contributed by atoms with Gasteiger partial charge in [0.15, 0.2) is 0 Å². The van der Waals surface area contributed by atoms with Gasteiger partial charge in [0.25, 0.3) is 0 Å². The first-order chi connectivity index (χ1) is 6.97. The Morgan fingerprint density at radius 3 is 2.47 bits per heavy atom. The van der Waals surface area contributed by atoms with E-state index in [0.29, 0.717) is 11.7 Å².